The fourth-order valence-corrected chi connectivity index (χ4v) is 4.89. The molecule has 1 saturated heterocycles. The van der Waals surface area contributed by atoms with Crippen molar-refractivity contribution in [1.29, 1.82) is 0 Å². The Morgan fingerprint density at radius 1 is 1.32 bits per heavy atom. The highest BCUT2D eigenvalue weighted by Gasteiger charge is 2.37. The first-order valence-corrected chi connectivity index (χ1v) is 8.23. The molecule has 1 fully saturated rings. The molecule has 7 heteroatoms. The SMILES string of the molecule is NC(=O)[C@H]1CCCCN1S(=O)(=O)c1ccccc1Br. The number of hydrogen-bond donors (Lipinski definition) is 1. The molecule has 1 aromatic rings. The maximum absolute atomic E-state index is 12.6. The fourth-order valence-electron chi connectivity index (χ4n) is 2.26. The van der Waals surface area contributed by atoms with E-state index in [4.69, 9.17) is 5.73 Å². The molecule has 0 aromatic heterocycles. The number of nitrogens with two attached hydrogens (primary N) is 1. The quantitative estimate of drug-likeness (QED) is 0.899. The third-order valence-electron chi connectivity index (χ3n) is 3.21. The Hall–Kier alpha value is -0.920. The number of nitrogens with zero attached hydrogens (tertiary/aromatic N) is 1. The molecule has 19 heavy (non-hydrogen) atoms. The molecule has 2 rings (SSSR count). The van der Waals surface area contributed by atoms with Gasteiger partial charge in [-0.25, -0.2) is 8.42 Å². The van der Waals surface area contributed by atoms with Crippen LogP contribution in [0.2, 0.25) is 0 Å². The van der Waals surface area contributed by atoms with E-state index in [1.54, 1.807) is 18.2 Å². The van der Waals surface area contributed by atoms with Gasteiger partial charge in [-0.1, -0.05) is 18.6 Å². The van der Waals surface area contributed by atoms with Crippen LogP contribution in [-0.2, 0) is 14.8 Å². The third-order valence-corrected chi connectivity index (χ3v) is 6.13. The van der Waals surface area contributed by atoms with E-state index in [2.05, 4.69) is 15.9 Å². The molecule has 0 bridgehead atoms. The highest BCUT2D eigenvalue weighted by Crippen LogP contribution is 2.29. The minimum absolute atomic E-state index is 0.170. The molecule has 0 saturated carbocycles. The second-order valence-corrected chi connectivity index (χ2v) is 7.17. The number of carbonyl (C=O) groups excluding carboxylic acids is 1. The molecule has 5 nitrogen and oxygen atoms in total. The number of carbonyl (C=O) groups is 1. The second-order valence-electron chi connectivity index (χ2n) is 4.46. The molecule has 104 valence electrons. The molecule has 2 N–H and O–H groups in total. The van der Waals surface area contributed by atoms with Crippen molar-refractivity contribution in [1.82, 2.24) is 4.31 Å². The van der Waals surface area contributed by atoms with Gasteiger partial charge >= 0.3 is 0 Å². The van der Waals surface area contributed by atoms with Crippen LogP contribution in [0.5, 0.6) is 0 Å². The molecule has 1 aliphatic rings. The maximum Gasteiger partial charge on any atom is 0.244 e. The van der Waals surface area contributed by atoms with Crippen molar-refractivity contribution >= 4 is 31.9 Å². The Bertz CT molecular complexity index is 588. The number of sulfonamides is 1. The smallest absolute Gasteiger partial charge is 0.244 e. The lowest BCUT2D eigenvalue weighted by molar-refractivity contribution is -0.122. The van der Waals surface area contributed by atoms with Gasteiger partial charge in [-0.3, -0.25) is 4.79 Å². The molecule has 1 heterocycles. The zero-order valence-electron chi connectivity index (χ0n) is 10.3. The van der Waals surface area contributed by atoms with E-state index in [0.29, 0.717) is 17.4 Å². The summed E-state index contributed by atoms with van der Waals surface area (Å²) in [6, 6.07) is 5.83. The van der Waals surface area contributed by atoms with E-state index in [1.165, 1.54) is 10.4 Å². The molecule has 1 aliphatic heterocycles. The third kappa shape index (κ3) is 2.82. The topological polar surface area (TPSA) is 80.5 Å². The molecule has 0 spiro atoms. The Balaban J connectivity index is 2.43. The summed E-state index contributed by atoms with van der Waals surface area (Å²) in [6.07, 6.45) is 2.04. The van der Waals surface area contributed by atoms with Gasteiger partial charge in [0, 0.05) is 11.0 Å². The van der Waals surface area contributed by atoms with E-state index < -0.39 is 22.0 Å². The zero-order valence-corrected chi connectivity index (χ0v) is 12.7. The van der Waals surface area contributed by atoms with E-state index in [-0.39, 0.29) is 4.90 Å². The van der Waals surface area contributed by atoms with Gasteiger partial charge in [-0.2, -0.15) is 4.31 Å². The number of rotatable bonds is 3. The van der Waals surface area contributed by atoms with E-state index >= 15 is 0 Å². The Morgan fingerprint density at radius 3 is 2.63 bits per heavy atom. The minimum Gasteiger partial charge on any atom is -0.368 e. The molecule has 1 atom stereocenters. The van der Waals surface area contributed by atoms with E-state index in [0.717, 1.165) is 12.8 Å². The Labute approximate surface area is 121 Å². The van der Waals surface area contributed by atoms with Crippen LogP contribution in [0.15, 0.2) is 33.6 Å². The van der Waals surface area contributed by atoms with Gasteiger partial charge in [0.25, 0.3) is 0 Å². The standard InChI is InChI=1S/C12H15BrN2O3S/c13-9-5-1-2-7-11(9)19(17,18)15-8-4-3-6-10(15)12(14)16/h1-2,5,7,10H,3-4,6,8H2,(H2,14,16)/t10-/m1/s1. The van der Waals surface area contributed by atoms with Gasteiger partial charge in [0.2, 0.25) is 15.9 Å². The van der Waals surface area contributed by atoms with Crippen molar-refractivity contribution in [2.24, 2.45) is 5.73 Å². The first-order valence-electron chi connectivity index (χ1n) is 6.00. The van der Waals surface area contributed by atoms with Crippen LogP contribution < -0.4 is 5.73 Å². The normalized spacial score (nSPS) is 21.2. The number of benzene rings is 1. The molecule has 0 aliphatic carbocycles. The summed E-state index contributed by atoms with van der Waals surface area (Å²) in [4.78, 5) is 11.6. The van der Waals surface area contributed by atoms with Crippen LogP contribution in [0.25, 0.3) is 0 Å². The van der Waals surface area contributed by atoms with Crippen LogP contribution in [0.1, 0.15) is 19.3 Å². The summed E-state index contributed by atoms with van der Waals surface area (Å²) in [6.45, 7) is 0.331. The highest BCUT2D eigenvalue weighted by molar-refractivity contribution is 9.10. The molecule has 1 amide bonds. The van der Waals surface area contributed by atoms with Crippen molar-refractivity contribution in [2.75, 3.05) is 6.54 Å². The minimum atomic E-state index is -3.70. The van der Waals surface area contributed by atoms with Crippen LogP contribution in [0.3, 0.4) is 0 Å². The van der Waals surface area contributed by atoms with Gasteiger partial charge in [0.15, 0.2) is 0 Å². The van der Waals surface area contributed by atoms with Crippen LogP contribution >= 0.6 is 15.9 Å². The summed E-state index contributed by atoms with van der Waals surface area (Å²) in [5.41, 5.74) is 5.31. The summed E-state index contributed by atoms with van der Waals surface area (Å²) in [7, 11) is -3.70. The summed E-state index contributed by atoms with van der Waals surface area (Å²) in [5.74, 6) is -0.588. The molecular weight excluding hydrogens is 332 g/mol. The van der Waals surface area contributed by atoms with E-state index in [9.17, 15) is 13.2 Å². The average Bonchev–Trinajstić information content (AvgIpc) is 2.39. The van der Waals surface area contributed by atoms with Crippen LogP contribution in [0, 0.1) is 0 Å². The van der Waals surface area contributed by atoms with Crippen LogP contribution in [-0.4, -0.2) is 31.2 Å². The lowest BCUT2D eigenvalue weighted by Gasteiger charge is -2.32. The van der Waals surface area contributed by atoms with Gasteiger partial charge in [0.05, 0.1) is 4.90 Å². The number of amides is 1. The van der Waals surface area contributed by atoms with Crippen molar-refractivity contribution in [3.05, 3.63) is 28.7 Å². The average molecular weight is 347 g/mol. The molecule has 1 aromatic carbocycles. The summed E-state index contributed by atoms with van der Waals surface area (Å²) < 4.78 is 26.9. The van der Waals surface area contributed by atoms with E-state index in [1.807, 2.05) is 0 Å². The van der Waals surface area contributed by atoms with Crippen molar-refractivity contribution < 1.29 is 13.2 Å². The predicted octanol–water partition coefficient (Wildman–Crippen LogP) is 1.48. The number of hydrogen-bond acceptors (Lipinski definition) is 3. The largest absolute Gasteiger partial charge is 0.368 e. The van der Waals surface area contributed by atoms with Crippen molar-refractivity contribution in [3.63, 3.8) is 0 Å². The number of piperidine rings is 1. The number of halogens is 1. The predicted molar refractivity (Wildman–Crippen MR) is 74.9 cm³/mol. The van der Waals surface area contributed by atoms with Crippen LogP contribution in [0.4, 0.5) is 0 Å². The second kappa shape index (κ2) is 5.60. The first kappa shape index (κ1) is 14.5. The Morgan fingerprint density at radius 2 is 2.00 bits per heavy atom. The summed E-state index contributed by atoms with van der Waals surface area (Å²) in [5, 5.41) is 0. The fraction of sp³-hybridized carbons (Fsp3) is 0.417. The van der Waals surface area contributed by atoms with Gasteiger partial charge in [0.1, 0.15) is 6.04 Å². The first-order chi connectivity index (χ1) is 8.94. The zero-order chi connectivity index (χ0) is 14.0. The van der Waals surface area contributed by atoms with Gasteiger partial charge < -0.3 is 5.73 Å². The maximum atomic E-state index is 12.6. The van der Waals surface area contributed by atoms with Gasteiger partial charge in [-0.05, 0) is 40.9 Å². The Kier molecular flexibility index (Phi) is 4.27. The summed E-state index contributed by atoms with van der Waals surface area (Å²) >= 11 is 3.23. The number of primary amides is 1. The lowest BCUT2D eigenvalue weighted by atomic mass is 10.0. The highest BCUT2D eigenvalue weighted by atomic mass is 79.9. The monoisotopic (exact) mass is 346 g/mol. The molecule has 0 unspecified atom stereocenters. The van der Waals surface area contributed by atoms with Gasteiger partial charge in [-0.15, -0.1) is 0 Å². The molecular formula is C12H15BrN2O3S. The molecule has 0 radical (unpaired) electrons. The van der Waals surface area contributed by atoms with Crippen molar-refractivity contribution in [2.45, 2.75) is 30.2 Å². The lowest BCUT2D eigenvalue weighted by Crippen LogP contribution is -2.50. The van der Waals surface area contributed by atoms with Crippen molar-refractivity contribution in [3.8, 4) is 0 Å².